The molecule has 0 N–H and O–H groups in total. The van der Waals surface area contributed by atoms with Gasteiger partial charge >= 0.3 is 63.2 Å². The van der Waals surface area contributed by atoms with Gasteiger partial charge in [-0.2, -0.15) is 40.8 Å². The van der Waals surface area contributed by atoms with Crippen molar-refractivity contribution in [2.45, 2.75) is 310 Å². The molecule has 0 saturated heterocycles. The van der Waals surface area contributed by atoms with Crippen molar-refractivity contribution in [2.24, 2.45) is 0 Å². The third-order valence-corrected chi connectivity index (χ3v) is 20.6. The minimum absolute atomic E-state index is 0. The van der Waals surface area contributed by atoms with Crippen molar-refractivity contribution in [1.82, 2.24) is 98.2 Å². The fourth-order valence-electron chi connectivity index (χ4n) is 14.0. The third-order valence-electron chi connectivity index (χ3n) is 20.6. The summed E-state index contributed by atoms with van der Waals surface area (Å²) < 4.78 is 170. The van der Waals surface area contributed by atoms with E-state index in [1.165, 1.54) is 279 Å². The van der Waals surface area contributed by atoms with Gasteiger partial charge in [-0.25, -0.2) is 57.4 Å². The van der Waals surface area contributed by atoms with Crippen LogP contribution in [0.25, 0.3) is 46.5 Å². The second-order valence-corrected chi connectivity index (χ2v) is 32.1. The van der Waals surface area contributed by atoms with Crippen LogP contribution in [0.5, 0.6) is 0 Å². The van der Waals surface area contributed by atoms with E-state index in [-0.39, 0.29) is 34.1 Å². The predicted octanol–water partition coefficient (Wildman–Crippen LogP) is 28.9. The Morgan fingerprint density at radius 1 is 0.194 bits per heavy atom. The summed E-state index contributed by atoms with van der Waals surface area (Å²) in [5.41, 5.74) is 5.13. The van der Waals surface area contributed by atoms with Gasteiger partial charge < -0.3 is 69.1 Å². The van der Waals surface area contributed by atoms with E-state index in [9.17, 15) is 69.1 Å². The zero-order valence-corrected chi connectivity index (χ0v) is 79.8. The predicted molar refractivity (Wildman–Crippen MR) is 497 cm³/mol. The van der Waals surface area contributed by atoms with E-state index in [0.29, 0.717) is 0 Å². The van der Waals surface area contributed by atoms with Crippen molar-refractivity contribution in [1.29, 1.82) is 0 Å². The summed E-state index contributed by atoms with van der Waals surface area (Å²) in [5.74, 6) is 6.49. The number of aryl methyl sites for hydroxylation is 4. The van der Waals surface area contributed by atoms with E-state index in [1.807, 2.05) is 165 Å². The Bertz CT molecular complexity index is 4170. The molecule has 0 aliphatic rings. The molecule has 0 unspecified atom stereocenters. The van der Waals surface area contributed by atoms with E-state index in [0.717, 1.165) is 72.2 Å². The van der Waals surface area contributed by atoms with Crippen LogP contribution in [0.3, 0.4) is 0 Å². The molecular formula is C92H132B4F16Fe2N20. The van der Waals surface area contributed by atoms with E-state index >= 15 is 0 Å². The number of rotatable bonds is 52. The Labute approximate surface area is 801 Å². The van der Waals surface area contributed by atoms with Gasteiger partial charge in [0.2, 0.25) is 0 Å². The standard InChI is InChI=1S/4C23H33N5.4BF4.2Fe/c4*1-2-3-4-5-6-7-8-9-10-11-14-21-19-25-28(20-21)23-16-12-15-22(26-23)27-18-13-17-24-27;4*2-1(3,4)5;;/h4*12-13,15-20H,2-11,14H2,1H3;;;;;;/q;;;;4*-1;2*+2. The summed E-state index contributed by atoms with van der Waals surface area (Å²) in [7, 11) is -24.0. The second kappa shape index (κ2) is 70.1. The number of hydrogen-bond acceptors (Lipinski definition) is 12. The molecule has 0 spiro atoms. The molecule has 0 amide bonds. The maximum absolute atomic E-state index is 9.75. The Hall–Kier alpha value is -9.54. The zero-order chi connectivity index (χ0) is 95.8. The van der Waals surface area contributed by atoms with Gasteiger partial charge in [-0.1, -0.05) is 283 Å². The first kappa shape index (κ1) is 119. The number of hydrogen-bond donors (Lipinski definition) is 0. The molecule has 134 heavy (non-hydrogen) atoms. The van der Waals surface area contributed by atoms with Gasteiger partial charge in [0.05, 0.1) is 24.8 Å². The molecule has 0 fully saturated rings. The van der Waals surface area contributed by atoms with E-state index in [4.69, 9.17) is 0 Å². The van der Waals surface area contributed by atoms with Crippen LogP contribution in [0.4, 0.5) is 69.1 Å². The Morgan fingerprint density at radius 2 is 0.336 bits per heavy atom. The summed E-state index contributed by atoms with van der Waals surface area (Å²) >= 11 is 0. The molecule has 0 saturated carbocycles. The number of unbranched alkanes of at least 4 members (excludes halogenated alkanes) is 36. The first-order valence-electron chi connectivity index (χ1n) is 47.0. The molecule has 0 bridgehead atoms. The largest absolute Gasteiger partial charge is 2.00 e. The van der Waals surface area contributed by atoms with E-state index in [2.05, 4.69) is 113 Å². The number of nitrogens with zero attached hydrogens (tertiary/aromatic N) is 20. The van der Waals surface area contributed by atoms with Crippen LogP contribution in [0.15, 0.2) is 196 Å². The molecule has 0 aromatic carbocycles. The maximum atomic E-state index is 9.75. The smallest absolute Gasteiger partial charge is 0.418 e. The molecule has 12 aromatic rings. The van der Waals surface area contributed by atoms with Crippen molar-refractivity contribution in [2.75, 3.05) is 0 Å². The van der Waals surface area contributed by atoms with Crippen LogP contribution in [0.1, 0.15) is 307 Å². The monoisotopic (exact) mass is 1980 g/mol. The van der Waals surface area contributed by atoms with Crippen LogP contribution in [-0.4, -0.2) is 127 Å². The van der Waals surface area contributed by atoms with Gasteiger partial charge in [-0.15, -0.1) is 0 Å². The molecule has 740 valence electrons. The van der Waals surface area contributed by atoms with Gasteiger partial charge in [-0.3, -0.25) is 0 Å². The number of pyridine rings is 4. The first-order chi connectivity index (χ1) is 63.5. The van der Waals surface area contributed by atoms with Crippen LogP contribution >= 0.6 is 0 Å². The van der Waals surface area contributed by atoms with Crippen molar-refractivity contribution in [3.8, 4) is 46.5 Å². The quantitative estimate of drug-likeness (QED) is 0.0199. The number of aromatic nitrogens is 20. The molecule has 0 aliphatic carbocycles. The summed E-state index contributed by atoms with van der Waals surface area (Å²) in [6.07, 6.45) is 90.0. The molecular weight excluding hydrogens is 1840 g/mol. The molecule has 12 heterocycles. The molecule has 12 aromatic heterocycles. The SMILES string of the molecule is CCCCCCCCCCCCc1cnn(-c2cccc(-n3cccn3)n2)c1.CCCCCCCCCCCCc1cnn(-c2cccc(-n3cccn3)n2)c1.CCCCCCCCCCCCc1cnn(-c2cccc(-n3cccn3)n2)c1.CCCCCCCCCCCCc1cnn(-c2cccc(-n3cccn3)n2)c1.F[B-](F)(F)F.F[B-](F)(F)F.F[B-](F)(F)F.F[B-](F)(F)F.[Fe+2].[Fe+2]. The molecule has 0 atom stereocenters. The molecule has 0 aliphatic heterocycles. The zero-order valence-electron chi connectivity index (χ0n) is 77.6. The first-order valence-corrected chi connectivity index (χ1v) is 47.0. The van der Waals surface area contributed by atoms with Gasteiger partial charge in [0.15, 0.2) is 46.5 Å². The van der Waals surface area contributed by atoms with Gasteiger partial charge in [0.1, 0.15) is 0 Å². The average molecular weight is 1980 g/mol. The van der Waals surface area contributed by atoms with Crippen molar-refractivity contribution >= 4 is 29.0 Å². The van der Waals surface area contributed by atoms with Crippen molar-refractivity contribution in [3.05, 3.63) is 218 Å². The van der Waals surface area contributed by atoms with E-state index in [1.54, 1.807) is 43.5 Å². The van der Waals surface area contributed by atoms with Crippen molar-refractivity contribution in [3.63, 3.8) is 0 Å². The normalized spacial score (nSPS) is 11.1. The fraction of sp³-hybridized carbons (Fsp3) is 0.522. The molecule has 0 radical (unpaired) electrons. The minimum Gasteiger partial charge on any atom is -0.418 e. The van der Waals surface area contributed by atoms with Crippen LogP contribution in [0.2, 0.25) is 0 Å². The summed E-state index contributed by atoms with van der Waals surface area (Å²) in [5, 5.41) is 35.0. The maximum Gasteiger partial charge on any atom is 2.00 e. The molecule has 20 nitrogen and oxygen atoms in total. The molecule has 42 heteroatoms. The van der Waals surface area contributed by atoms with Crippen LogP contribution < -0.4 is 0 Å². The third kappa shape index (κ3) is 59.4. The number of halogens is 16. The van der Waals surface area contributed by atoms with Gasteiger partial charge in [0, 0.05) is 74.4 Å². The molecule has 12 rings (SSSR count). The van der Waals surface area contributed by atoms with Gasteiger partial charge in [-0.05, 0) is 146 Å². The van der Waals surface area contributed by atoms with E-state index < -0.39 is 29.0 Å². The summed E-state index contributed by atoms with van der Waals surface area (Å²) in [4.78, 5) is 18.6. The van der Waals surface area contributed by atoms with Gasteiger partial charge in [0.25, 0.3) is 0 Å². The minimum atomic E-state index is -6.00. The summed E-state index contributed by atoms with van der Waals surface area (Å²) in [6, 6.07) is 31.2. The topological polar surface area (TPSA) is 194 Å². The van der Waals surface area contributed by atoms with Crippen LogP contribution in [-0.2, 0) is 59.8 Å². The van der Waals surface area contributed by atoms with Crippen LogP contribution in [0, 0.1) is 0 Å². The van der Waals surface area contributed by atoms with Crippen molar-refractivity contribution < 1.29 is 103 Å². The summed E-state index contributed by atoms with van der Waals surface area (Å²) in [6.45, 7) is 9.11. The Balaban J connectivity index is 0.000000427. The Morgan fingerprint density at radius 3 is 0.478 bits per heavy atom. The fourth-order valence-corrected chi connectivity index (χ4v) is 14.0. The average Bonchev–Trinajstić information content (AvgIpc) is 1.69. The second-order valence-electron chi connectivity index (χ2n) is 32.1. The Kier molecular flexibility index (Phi) is 62.1.